The van der Waals surface area contributed by atoms with E-state index in [1.807, 2.05) is 0 Å². The third-order valence-electron chi connectivity index (χ3n) is 4.18. The molecule has 3 atom stereocenters. The zero-order valence-electron chi connectivity index (χ0n) is 11.4. The van der Waals surface area contributed by atoms with Gasteiger partial charge in [-0.25, -0.2) is 9.59 Å². The largest absolute Gasteiger partial charge is 0.419 e. The van der Waals surface area contributed by atoms with Crippen molar-refractivity contribution in [1.29, 1.82) is 0 Å². The molecule has 1 aliphatic heterocycles. The van der Waals surface area contributed by atoms with Crippen LogP contribution in [0.2, 0.25) is 0 Å². The van der Waals surface area contributed by atoms with E-state index in [0.717, 1.165) is 19.3 Å². The van der Waals surface area contributed by atoms with Crippen molar-refractivity contribution in [2.24, 2.45) is 5.92 Å². The van der Waals surface area contributed by atoms with Crippen LogP contribution in [0.3, 0.4) is 0 Å². The van der Waals surface area contributed by atoms with Gasteiger partial charge in [-0.05, 0) is 31.6 Å². The van der Waals surface area contributed by atoms with Crippen LogP contribution >= 0.6 is 0 Å². The Bertz CT molecular complexity index is 385. The maximum atomic E-state index is 11.9. The Morgan fingerprint density at radius 3 is 2.68 bits per heavy atom. The first-order chi connectivity index (χ1) is 9.06. The van der Waals surface area contributed by atoms with Crippen LogP contribution in [0.25, 0.3) is 0 Å². The summed E-state index contributed by atoms with van der Waals surface area (Å²) in [6.07, 6.45) is 3.02. The van der Waals surface area contributed by atoms with Crippen molar-refractivity contribution in [3.05, 3.63) is 0 Å². The molecule has 2 fully saturated rings. The molecule has 0 spiro atoms. The molecular weight excluding hydrogens is 248 g/mol. The smallest absolute Gasteiger partial charge is 0.359 e. The first-order valence-electron chi connectivity index (χ1n) is 6.77. The van der Waals surface area contributed by atoms with Gasteiger partial charge in [0.1, 0.15) is 6.29 Å². The van der Waals surface area contributed by atoms with E-state index in [-0.39, 0.29) is 6.04 Å². The van der Waals surface area contributed by atoms with E-state index in [1.165, 1.54) is 11.9 Å². The minimum Gasteiger partial charge on any atom is -0.359 e. The fourth-order valence-corrected chi connectivity index (χ4v) is 2.95. The lowest BCUT2D eigenvalue weighted by atomic mass is 10.1. The number of hydrogen-bond acceptors (Lipinski definition) is 4. The molecular formula is C13H20N2O4. The van der Waals surface area contributed by atoms with Crippen LogP contribution in [0.15, 0.2) is 0 Å². The molecule has 3 unspecified atom stereocenters. The lowest BCUT2D eigenvalue weighted by Crippen LogP contribution is -2.44. The van der Waals surface area contributed by atoms with Gasteiger partial charge in [-0.2, -0.15) is 0 Å². The molecule has 6 nitrogen and oxygen atoms in total. The van der Waals surface area contributed by atoms with Crippen molar-refractivity contribution in [1.82, 2.24) is 9.80 Å². The molecule has 2 aliphatic rings. The lowest BCUT2D eigenvalue weighted by Gasteiger charge is -2.27. The summed E-state index contributed by atoms with van der Waals surface area (Å²) in [6, 6.07) is -0.320. The standard InChI is InChI=1S/C13H20N2O4/c1-3-10(8-16)14(2)12(17)19-13(18)15-7-9-4-5-11(15)6-9/h8-11H,3-7H2,1-2H3. The Labute approximate surface area is 112 Å². The molecule has 1 aliphatic carbocycles. The molecule has 2 amide bonds. The minimum absolute atomic E-state index is 0.226. The van der Waals surface area contributed by atoms with E-state index < -0.39 is 18.2 Å². The van der Waals surface area contributed by atoms with E-state index in [9.17, 15) is 14.4 Å². The lowest BCUT2D eigenvalue weighted by molar-refractivity contribution is -0.111. The van der Waals surface area contributed by atoms with Crippen molar-refractivity contribution in [3.8, 4) is 0 Å². The first-order valence-corrected chi connectivity index (χ1v) is 6.77. The van der Waals surface area contributed by atoms with Crippen LogP contribution in [0.4, 0.5) is 9.59 Å². The summed E-state index contributed by atoms with van der Waals surface area (Å²) in [6.45, 7) is 2.48. The van der Waals surface area contributed by atoms with E-state index in [2.05, 4.69) is 0 Å². The number of amides is 2. The Balaban J connectivity index is 1.88. The molecule has 0 radical (unpaired) electrons. The van der Waals surface area contributed by atoms with Gasteiger partial charge in [0.15, 0.2) is 0 Å². The van der Waals surface area contributed by atoms with Crippen LogP contribution in [-0.2, 0) is 9.53 Å². The summed E-state index contributed by atoms with van der Waals surface area (Å²) >= 11 is 0. The number of likely N-dealkylation sites (N-methyl/N-ethyl adjacent to an activating group) is 1. The summed E-state index contributed by atoms with van der Waals surface area (Å²) in [7, 11) is 1.47. The molecule has 106 valence electrons. The molecule has 2 rings (SSSR count). The highest BCUT2D eigenvalue weighted by Gasteiger charge is 2.41. The summed E-state index contributed by atoms with van der Waals surface area (Å²) in [5.74, 6) is 0.559. The predicted molar refractivity (Wildman–Crippen MR) is 67.6 cm³/mol. The zero-order valence-corrected chi connectivity index (χ0v) is 11.4. The molecule has 1 saturated carbocycles. The van der Waals surface area contributed by atoms with Gasteiger partial charge in [0.2, 0.25) is 0 Å². The van der Waals surface area contributed by atoms with Crippen LogP contribution in [-0.4, -0.2) is 53.9 Å². The topological polar surface area (TPSA) is 66.9 Å². The van der Waals surface area contributed by atoms with E-state index >= 15 is 0 Å². The molecule has 0 aromatic carbocycles. The van der Waals surface area contributed by atoms with Crippen molar-refractivity contribution >= 4 is 18.5 Å². The second-order valence-corrected chi connectivity index (χ2v) is 5.34. The first kappa shape index (κ1) is 13.8. The Morgan fingerprint density at radius 2 is 2.21 bits per heavy atom. The Morgan fingerprint density at radius 1 is 1.47 bits per heavy atom. The minimum atomic E-state index is -0.758. The number of hydrogen-bond donors (Lipinski definition) is 0. The molecule has 0 N–H and O–H groups in total. The maximum Gasteiger partial charge on any atom is 0.419 e. The quantitative estimate of drug-likeness (QED) is 0.576. The van der Waals surface area contributed by atoms with Crippen LogP contribution < -0.4 is 0 Å². The van der Waals surface area contributed by atoms with Gasteiger partial charge in [-0.15, -0.1) is 0 Å². The number of piperidine rings is 1. The second kappa shape index (κ2) is 5.59. The molecule has 0 aromatic rings. The number of fused-ring (bicyclic) bond motifs is 2. The third-order valence-corrected chi connectivity index (χ3v) is 4.18. The molecule has 6 heteroatoms. The van der Waals surface area contributed by atoms with Gasteiger partial charge in [0, 0.05) is 19.6 Å². The van der Waals surface area contributed by atoms with Gasteiger partial charge in [-0.1, -0.05) is 6.92 Å². The highest BCUT2D eigenvalue weighted by Crippen LogP contribution is 2.37. The molecule has 1 saturated heterocycles. The number of likely N-dealkylation sites (tertiary alicyclic amines) is 1. The average Bonchev–Trinajstić information content (AvgIpc) is 3.02. The monoisotopic (exact) mass is 268 g/mol. The summed E-state index contributed by atoms with van der Waals surface area (Å²) < 4.78 is 4.85. The molecule has 2 bridgehead atoms. The van der Waals surface area contributed by atoms with Crippen molar-refractivity contribution in [2.75, 3.05) is 13.6 Å². The number of carbonyl (C=O) groups is 3. The number of rotatable bonds is 3. The van der Waals surface area contributed by atoms with Crippen LogP contribution in [0.1, 0.15) is 32.6 Å². The van der Waals surface area contributed by atoms with Crippen molar-refractivity contribution in [2.45, 2.75) is 44.7 Å². The highest BCUT2D eigenvalue weighted by molar-refractivity contribution is 5.85. The number of carbonyl (C=O) groups excluding carboxylic acids is 3. The summed E-state index contributed by atoms with van der Waals surface area (Å²) in [5, 5.41) is 0. The SMILES string of the molecule is CCC(C=O)N(C)C(=O)OC(=O)N1CC2CCC1C2. The van der Waals surface area contributed by atoms with Crippen molar-refractivity contribution < 1.29 is 19.1 Å². The van der Waals surface area contributed by atoms with Gasteiger partial charge in [0.05, 0.1) is 6.04 Å². The van der Waals surface area contributed by atoms with Gasteiger partial charge in [0.25, 0.3) is 0 Å². The summed E-state index contributed by atoms with van der Waals surface area (Å²) in [4.78, 5) is 37.3. The molecule has 19 heavy (non-hydrogen) atoms. The van der Waals surface area contributed by atoms with Gasteiger partial charge < -0.3 is 19.3 Å². The molecule has 0 aromatic heterocycles. The zero-order chi connectivity index (χ0) is 14.0. The predicted octanol–water partition coefficient (Wildman–Crippen LogP) is 1.64. The number of ether oxygens (including phenoxy) is 1. The van der Waals surface area contributed by atoms with Crippen LogP contribution in [0, 0.1) is 5.92 Å². The maximum absolute atomic E-state index is 11.9. The average molecular weight is 268 g/mol. The van der Waals surface area contributed by atoms with E-state index in [0.29, 0.717) is 25.2 Å². The van der Waals surface area contributed by atoms with E-state index in [1.54, 1.807) is 11.8 Å². The second-order valence-electron chi connectivity index (χ2n) is 5.34. The van der Waals surface area contributed by atoms with Crippen molar-refractivity contribution in [3.63, 3.8) is 0 Å². The Hall–Kier alpha value is -1.59. The van der Waals surface area contributed by atoms with E-state index in [4.69, 9.17) is 4.74 Å². The fraction of sp³-hybridized carbons (Fsp3) is 0.769. The normalized spacial score (nSPS) is 26.1. The number of aldehydes is 1. The fourth-order valence-electron chi connectivity index (χ4n) is 2.95. The Kier molecular flexibility index (Phi) is 4.07. The van der Waals surface area contributed by atoms with Gasteiger partial charge >= 0.3 is 12.2 Å². The third kappa shape index (κ3) is 2.72. The van der Waals surface area contributed by atoms with Gasteiger partial charge in [-0.3, -0.25) is 0 Å². The summed E-state index contributed by atoms with van der Waals surface area (Å²) in [5.41, 5.74) is 0. The highest BCUT2D eigenvalue weighted by atomic mass is 16.6. The number of nitrogens with zero attached hydrogens (tertiary/aromatic N) is 2. The molecule has 1 heterocycles. The van der Waals surface area contributed by atoms with Crippen LogP contribution in [0.5, 0.6) is 0 Å².